The average molecular weight is 343 g/mol. The van der Waals surface area contributed by atoms with Crippen LogP contribution in [0.3, 0.4) is 0 Å². The molecule has 2 saturated heterocycles. The van der Waals surface area contributed by atoms with E-state index in [2.05, 4.69) is 11.4 Å². The van der Waals surface area contributed by atoms with Gasteiger partial charge in [0.25, 0.3) is 0 Å². The molecule has 2 heterocycles. The second-order valence-corrected chi connectivity index (χ2v) is 6.57. The predicted octanol–water partition coefficient (Wildman–Crippen LogP) is 3.82. The molecule has 2 aliphatic rings. The standard InChI is InChI=1S/C17H23ClN2O.ClH/c18-15-5-2-1-4-14(15)16-6-3-11-20(16)17(21)8-7-13-9-10-19-12-13;/h1-2,4-5,13,16,19H,3,6-12H2;1H. The van der Waals surface area contributed by atoms with Crippen LogP contribution in [0.5, 0.6) is 0 Å². The normalized spacial score (nSPS) is 24.3. The first-order chi connectivity index (χ1) is 10.3. The van der Waals surface area contributed by atoms with E-state index in [-0.39, 0.29) is 18.4 Å². The Bertz CT molecular complexity index is 503. The molecule has 1 aromatic carbocycles. The molecule has 1 N–H and O–H groups in total. The van der Waals surface area contributed by atoms with E-state index < -0.39 is 0 Å². The van der Waals surface area contributed by atoms with Crippen LogP contribution in [0.2, 0.25) is 5.02 Å². The lowest BCUT2D eigenvalue weighted by Crippen LogP contribution is -2.31. The molecule has 2 fully saturated rings. The topological polar surface area (TPSA) is 32.3 Å². The lowest BCUT2D eigenvalue weighted by Gasteiger charge is -2.26. The van der Waals surface area contributed by atoms with Crippen LogP contribution >= 0.6 is 24.0 Å². The van der Waals surface area contributed by atoms with Crippen molar-refractivity contribution < 1.29 is 4.79 Å². The van der Waals surface area contributed by atoms with Gasteiger partial charge in [-0.1, -0.05) is 29.8 Å². The largest absolute Gasteiger partial charge is 0.336 e. The Hall–Kier alpha value is -0.770. The van der Waals surface area contributed by atoms with E-state index in [9.17, 15) is 4.79 Å². The molecule has 1 aromatic rings. The van der Waals surface area contributed by atoms with Gasteiger partial charge >= 0.3 is 0 Å². The van der Waals surface area contributed by atoms with Gasteiger partial charge in [-0.15, -0.1) is 12.4 Å². The van der Waals surface area contributed by atoms with Crippen LogP contribution in [0, 0.1) is 5.92 Å². The van der Waals surface area contributed by atoms with Gasteiger partial charge in [0.05, 0.1) is 6.04 Å². The highest BCUT2D eigenvalue weighted by atomic mass is 35.5. The third-order valence-corrected chi connectivity index (χ3v) is 5.11. The summed E-state index contributed by atoms with van der Waals surface area (Å²) in [4.78, 5) is 14.6. The zero-order chi connectivity index (χ0) is 14.7. The molecule has 122 valence electrons. The van der Waals surface area contributed by atoms with Crippen molar-refractivity contribution in [3.63, 3.8) is 0 Å². The molecule has 0 bridgehead atoms. The molecule has 5 heteroatoms. The Kier molecular flexibility index (Phi) is 6.54. The monoisotopic (exact) mass is 342 g/mol. The Morgan fingerprint density at radius 3 is 2.86 bits per heavy atom. The molecular formula is C17H24Cl2N2O. The molecule has 1 amide bonds. The fourth-order valence-corrected chi connectivity index (χ4v) is 3.83. The van der Waals surface area contributed by atoms with Gasteiger partial charge in [-0.25, -0.2) is 0 Å². The smallest absolute Gasteiger partial charge is 0.223 e. The predicted molar refractivity (Wildman–Crippen MR) is 92.6 cm³/mol. The van der Waals surface area contributed by atoms with E-state index in [0.29, 0.717) is 18.2 Å². The summed E-state index contributed by atoms with van der Waals surface area (Å²) in [6.45, 7) is 3.05. The first-order valence-corrected chi connectivity index (χ1v) is 8.38. The van der Waals surface area contributed by atoms with E-state index >= 15 is 0 Å². The van der Waals surface area contributed by atoms with Gasteiger partial charge in [-0.3, -0.25) is 4.79 Å². The van der Waals surface area contributed by atoms with E-state index in [0.717, 1.165) is 49.5 Å². The number of nitrogens with zero attached hydrogens (tertiary/aromatic N) is 1. The number of likely N-dealkylation sites (tertiary alicyclic amines) is 1. The lowest BCUT2D eigenvalue weighted by atomic mass is 10.0. The zero-order valence-corrected chi connectivity index (χ0v) is 14.3. The molecule has 3 nitrogen and oxygen atoms in total. The van der Waals surface area contributed by atoms with Gasteiger partial charge in [0.1, 0.15) is 0 Å². The number of hydrogen-bond donors (Lipinski definition) is 1. The van der Waals surface area contributed by atoms with E-state index in [1.807, 2.05) is 23.1 Å². The van der Waals surface area contributed by atoms with Crippen molar-refractivity contribution >= 4 is 29.9 Å². The Balaban J connectivity index is 0.00000176. The van der Waals surface area contributed by atoms with Crippen molar-refractivity contribution in [2.24, 2.45) is 5.92 Å². The molecule has 3 rings (SSSR count). The summed E-state index contributed by atoms with van der Waals surface area (Å²) in [7, 11) is 0. The third kappa shape index (κ3) is 3.95. The van der Waals surface area contributed by atoms with E-state index in [1.54, 1.807) is 0 Å². The van der Waals surface area contributed by atoms with Crippen molar-refractivity contribution in [3.05, 3.63) is 34.9 Å². The Labute approximate surface area is 143 Å². The van der Waals surface area contributed by atoms with Gasteiger partial charge in [0.2, 0.25) is 5.91 Å². The molecule has 2 aliphatic heterocycles. The van der Waals surface area contributed by atoms with Gasteiger partial charge in [0.15, 0.2) is 0 Å². The number of amides is 1. The van der Waals surface area contributed by atoms with Crippen LogP contribution in [0.15, 0.2) is 24.3 Å². The second kappa shape index (κ2) is 8.19. The van der Waals surface area contributed by atoms with Crippen LogP contribution < -0.4 is 5.32 Å². The molecular weight excluding hydrogens is 319 g/mol. The summed E-state index contributed by atoms with van der Waals surface area (Å²) < 4.78 is 0. The summed E-state index contributed by atoms with van der Waals surface area (Å²) in [5.41, 5.74) is 1.10. The van der Waals surface area contributed by atoms with Gasteiger partial charge in [-0.2, -0.15) is 0 Å². The van der Waals surface area contributed by atoms with Crippen molar-refractivity contribution in [1.29, 1.82) is 0 Å². The number of nitrogens with one attached hydrogen (secondary N) is 1. The van der Waals surface area contributed by atoms with Gasteiger partial charge in [-0.05, 0) is 56.3 Å². The Morgan fingerprint density at radius 1 is 1.32 bits per heavy atom. The fourth-order valence-electron chi connectivity index (χ4n) is 3.57. The lowest BCUT2D eigenvalue weighted by molar-refractivity contribution is -0.132. The summed E-state index contributed by atoms with van der Waals surface area (Å²) in [5.74, 6) is 0.972. The minimum atomic E-state index is 0. The number of carbonyl (C=O) groups excluding carboxylic acids is 1. The SMILES string of the molecule is Cl.O=C(CCC1CCNC1)N1CCCC1c1ccccc1Cl. The summed E-state index contributed by atoms with van der Waals surface area (Å²) in [6.07, 6.45) is 5.00. The van der Waals surface area contributed by atoms with Crippen LogP contribution in [0.25, 0.3) is 0 Å². The maximum Gasteiger partial charge on any atom is 0.223 e. The molecule has 0 aromatic heterocycles. The molecule has 0 spiro atoms. The van der Waals surface area contributed by atoms with Crippen molar-refractivity contribution in [2.75, 3.05) is 19.6 Å². The summed E-state index contributed by atoms with van der Waals surface area (Å²) >= 11 is 6.31. The number of benzene rings is 1. The second-order valence-electron chi connectivity index (χ2n) is 6.16. The molecule has 2 unspecified atom stereocenters. The van der Waals surface area contributed by atoms with Gasteiger partial charge in [0, 0.05) is 18.0 Å². The van der Waals surface area contributed by atoms with E-state index in [1.165, 1.54) is 6.42 Å². The van der Waals surface area contributed by atoms with Crippen LogP contribution in [-0.4, -0.2) is 30.4 Å². The minimum absolute atomic E-state index is 0. The maximum atomic E-state index is 12.6. The highest BCUT2D eigenvalue weighted by molar-refractivity contribution is 6.31. The first-order valence-electron chi connectivity index (χ1n) is 8.00. The first kappa shape index (κ1) is 17.6. The number of hydrogen-bond acceptors (Lipinski definition) is 2. The third-order valence-electron chi connectivity index (χ3n) is 4.77. The zero-order valence-electron chi connectivity index (χ0n) is 12.8. The maximum absolute atomic E-state index is 12.6. The average Bonchev–Trinajstić information content (AvgIpc) is 3.16. The summed E-state index contributed by atoms with van der Waals surface area (Å²) in [6, 6.07) is 8.10. The van der Waals surface area contributed by atoms with E-state index in [4.69, 9.17) is 11.6 Å². The van der Waals surface area contributed by atoms with Gasteiger partial charge < -0.3 is 10.2 Å². The van der Waals surface area contributed by atoms with Crippen LogP contribution in [0.1, 0.15) is 43.7 Å². The van der Waals surface area contributed by atoms with Crippen LogP contribution in [-0.2, 0) is 4.79 Å². The molecule has 0 saturated carbocycles. The highest BCUT2D eigenvalue weighted by Crippen LogP contribution is 2.36. The molecule has 22 heavy (non-hydrogen) atoms. The van der Waals surface area contributed by atoms with Crippen molar-refractivity contribution in [3.8, 4) is 0 Å². The Morgan fingerprint density at radius 2 is 2.14 bits per heavy atom. The molecule has 2 atom stereocenters. The molecule has 0 radical (unpaired) electrons. The summed E-state index contributed by atoms with van der Waals surface area (Å²) in [5, 5.41) is 4.15. The molecule has 0 aliphatic carbocycles. The van der Waals surface area contributed by atoms with Crippen molar-refractivity contribution in [1.82, 2.24) is 10.2 Å². The quantitative estimate of drug-likeness (QED) is 0.902. The van der Waals surface area contributed by atoms with Crippen molar-refractivity contribution in [2.45, 2.75) is 38.1 Å². The highest BCUT2D eigenvalue weighted by Gasteiger charge is 2.31. The number of carbonyl (C=O) groups is 1. The van der Waals surface area contributed by atoms with Crippen LogP contribution in [0.4, 0.5) is 0 Å². The minimum Gasteiger partial charge on any atom is -0.336 e. The fraction of sp³-hybridized carbons (Fsp3) is 0.588. The number of rotatable bonds is 4. The number of halogens is 2.